The number of hydrogen-bond acceptors (Lipinski definition) is 18. The van der Waals surface area contributed by atoms with Crippen LogP contribution in [0.25, 0.3) is 38.8 Å². The van der Waals surface area contributed by atoms with Gasteiger partial charge in [0.1, 0.15) is 5.78 Å². The number of alkyl halides is 3. The second kappa shape index (κ2) is 35.6. The zero-order chi connectivity index (χ0) is 57.5. The van der Waals surface area contributed by atoms with Gasteiger partial charge < -0.3 is 58.2 Å². The van der Waals surface area contributed by atoms with Crippen LogP contribution in [0.5, 0.6) is 5.88 Å². The summed E-state index contributed by atoms with van der Waals surface area (Å²) in [5.41, 5.74) is 8.04. The lowest BCUT2D eigenvalue weighted by atomic mass is 10.0. The summed E-state index contributed by atoms with van der Waals surface area (Å²) in [7, 11) is 3.11. The van der Waals surface area contributed by atoms with Crippen LogP contribution in [0.2, 0.25) is 0 Å². The highest BCUT2D eigenvalue weighted by atomic mass is 19.4. The van der Waals surface area contributed by atoms with Gasteiger partial charge >= 0.3 is 11.9 Å². The normalized spacial score (nSPS) is 12.6. The zero-order valence-corrected chi connectivity index (χ0v) is 47.2. The standard InChI is InChI=1S/C37H35F3N8O3.C10H23NO4.C10H22O4/c1-4-27(49)9-5-23-19-43-35(44-20-23)47-15-13-46(14-16-47)31-11-8-26(18-29(31)37(38,39)40)48-34-28-17-24(25-7-12-33(51-3)42-21-25)6-10-30(28)41-22-32(34)45(2)36(48)50;1-2-12-5-6-14-9-10-15-8-7-13-4-3-11;1-3-11-5-7-13-9-10-14-8-6-12-4-2/h6-8,10-12,17-22H,4-5,9,13-16H2,1-3H3;2-11H2,1H3;3-10H2,1-2H3. The SMILES string of the molecule is CCC(=O)CCc1cnc(N2CCN(c3ccc(-n4c(=O)n(C)c5cnc6ccc(-c7ccc(OC)nc7)cc6c54)cc3C(F)(F)F)CC2)nc1.CCOCCOCCOCCOCC.CCOCCOCCOCCOCCN. The largest absolute Gasteiger partial charge is 0.481 e. The van der Waals surface area contributed by atoms with Gasteiger partial charge in [-0.25, -0.2) is 19.7 Å². The van der Waals surface area contributed by atoms with Crippen molar-refractivity contribution < 1.29 is 60.6 Å². The van der Waals surface area contributed by atoms with E-state index in [9.17, 15) is 22.8 Å². The number of ketones is 1. The number of Topliss-reactive ketones (excluding diaryl/α,β-unsaturated/α-hetero) is 1. The molecule has 0 spiro atoms. The maximum Gasteiger partial charge on any atom is 0.418 e. The molecule has 23 heteroatoms. The van der Waals surface area contributed by atoms with Crippen molar-refractivity contribution in [2.75, 3.05) is 155 Å². The number of rotatable bonds is 32. The first-order valence-corrected chi connectivity index (χ1v) is 27.2. The Morgan fingerprint density at radius 1 is 0.625 bits per heavy atom. The smallest absolute Gasteiger partial charge is 0.418 e. The molecule has 0 saturated carbocycles. The van der Waals surface area contributed by atoms with Crippen molar-refractivity contribution >= 4 is 39.4 Å². The number of halogens is 3. The minimum Gasteiger partial charge on any atom is -0.481 e. The lowest BCUT2D eigenvalue weighted by molar-refractivity contribution is -0.137. The Balaban J connectivity index is 0.000000333. The molecule has 0 atom stereocenters. The van der Waals surface area contributed by atoms with E-state index in [1.54, 1.807) is 48.9 Å². The summed E-state index contributed by atoms with van der Waals surface area (Å²) >= 11 is 0. The van der Waals surface area contributed by atoms with E-state index >= 15 is 0 Å². The number of anilines is 2. The molecular weight excluding hydrogens is 1040 g/mol. The summed E-state index contributed by atoms with van der Waals surface area (Å²) in [5, 5.41) is 0.608. The van der Waals surface area contributed by atoms with E-state index in [-0.39, 0.29) is 17.2 Å². The highest BCUT2D eigenvalue weighted by molar-refractivity contribution is 6.04. The van der Waals surface area contributed by atoms with E-state index in [0.29, 0.717) is 172 Å². The molecule has 0 unspecified atom stereocenters. The molecule has 4 aromatic heterocycles. The fraction of sp³-hybridized carbons (Fsp3) is 0.544. The van der Waals surface area contributed by atoms with Gasteiger partial charge in [-0.2, -0.15) is 13.2 Å². The van der Waals surface area contributed by atoms with Gasteiger partial charge in [0.05, 0.1) is 127 Å². The Kier molecular flexibility index (Phi) is 28.7. The molecule has 7 rings (SSSR count). The Morgan fingerprint density at radius 2 is 1.16 bits per heavy atom. The average molecular weight is 1120 g/mol. The summed E-state index contributed by atoms with van der Waals surface area (Å²) in [5.74, 6) is 1.13. The van der Waals surface area contributed by atoms with Gasteiger partial charge in [-0.1, -0.05) is 13.0 Å². The molecule has 1 saturated heterocycles. The Bertz CT molecular complexity index is 2750. The topological polar surface area (TPSA) is 211 Å². The van der Waals surface area contributed by atoms with Crippen molar-refractivity contribution in [1.82, 2.24) is 29.1 Å². The number of fused-ring (bicyclic) bond motifs is 3. The zero-order valence-electron chi connectivity index (χ0n) is 47.2. The summed E-state index contributed by atoms with van der Waals surface area (Å²) in [6.07, 6.45) is 3.43. The quantitative estimate of drug-likeness (QED) is 0.0417. The molecule has 1 aliphatic heterocycles. The first kappa shape index (κ1) is 64.7. The maximum absolute atomic E-state index is 14.8. The molecule has 0 aliphatic carbocycles. The number of nitrogens with zero attached hydrogens (tertiary/aromatic N) is 8. The van der Waals surface area contributed by atoms with E-state index < -0.39 is 17.4 Å². The van der Waals surface area contributed by atoms with Crippen molar-refractivity contribution in [3.8, 4) is 22.7 Å². The lowest BCUT2D eigenvalue weighted by Crippen LogP contribution is -2.47. The Morgan fingerprint density at radius 3 is 1.66 bits per heavy atom. The summed E-state index contributed by atoms with van der Waals surface area (Å²) < 4.78 is 93.7. The first-order chi connectivity index (χ1) is 38.9. The molecule has 1 fully saturated rings. The van der Waals surface area contributed by atoms with Crippen LogP contribution < -0.4 is 26.0 Å². The number of aryl methyl sites for hydroxylation is 2. The Labute approximate surface area is 466 Å². The van der Waals surface area contributed by atoms with Crippen molar-refractivity contribution in [2.45, 2.75) is 53.1 Å². The molecule has 80 heavy (non-hydrogen) atoms. The number of aromatic nitrogens is 6. The molecule has 0 amide bonds. The van der Waals surface area contributed by atoms with Gasteiger partial charge in [-0.3, -0.25) is 18.9 Å². The van der Waals surface area contributed by atoms with Gasteiger partial charge in [0, 0.05) is 114 Å². The van der Waals surface area contributed by atoms with Crippen LogP contribution in [0.3, 0.4) is 0 Å². The van der Waals surface area contributed by atoms with E-state index in [4.69, 9.17) is 48.4 Å². The second-order valence-electron chi connectivity index (χ2n) is 17.9. The molecular formula is C57H80F3N9O11. The third-order valence-corrected chi connectivity index (χ3v) is 12.5. The third kappa shape index (κ3) is 20.4. The molecule has 0 bridgehead atoms. The minimum atomic E-state index is -4.69. The molecule has 2 aromatic carbocycles. The van der Waals surface area contributed by atoms with Gasteiger partial charge in [0.2, 0.25) is 11.8 Å². The maximum atomic E-state index is 14.8. The van der Waals surface area contributed by atoms with E-state index in [0.717, 1.165) is 42.6 Å². The van der Waals surface area contributed by atoms with Crippen LogP contribution in [0.4, 0.5) is 24.8 Å². The predicted molar refractivity (Wildman–Crippen MR) is 301 cm³/mol. The summed E-state index contributed by atoms with van der Waals surface area (Å²) in [6, 6.07) is 13.2. The number of pyridine rings is 2. The molecule has 0 radical (unpaired) electrons. The molecule has 5 heterocycles. The van der Waals surface area contributed by atoms with E-state index in [2.05, 4.69) is 19.9 Å². The van der Waals surface area contributed by atoms with Crippen LogP contribution >= 0.6 is 0 Å². The molecule has 6 aromatic rings. The Hall–Kier alpha value is -6.15. The fourth-order valence-corrected chi connectivity index (χ4v) is 8.24. The van der Waals surface area contributed by atoms with Crippen LogP contribution in [-0.2, 0) is 62.3 Å². The average Bonchev–Trinajstić information content (AvgIpc) is 3.81. The molecule has 1 aliphatic rings. The summed E-state index contributed by atoms with van der Waals surface area (Å²) in [4.78, 5) is 46.8. The first-order valence-electron chi connectivity index (χ1n) is 27.2. The highest BCUT2D eigenvalue weighted by Crippen LogP contribution is 2.39. The number of hydrogen-bond donors (Lipinski definition) is 1. The number of nitrogens with two attached hydrogens (primary N) is 1. The van der Waals surface area contributed by atoms with Crippen LogP contribution in [0, 0.1) is 0 Å². The number of methoxy groups -OCH3 is 1. The number of imidazole rings is 1. The molecule has 2 N–H and O–H groups in total. The predicted octanol–water partition coefficient (Wildman–Crippen LogP) is 7.12. The molecule has 440 valence electrons. The van der Waals surface area contributed by atoms with Crippen molar-refractivity contribution in [3.05, 3.63) is 94.9 Å². The number of benzene rings is 2. The van der Waals surface area contributed by atoms with Crippen LogP contribution in [0.15, 0.2) is 78.1 Å². The highest BCUT2D eigenvalue weighted by Gasteiger charge is 2.37. The van der Waals surface area contributed by atoms with Gasteiger partial charge in [-0.05, 0) is 74.7 Å². The molecule has 20 nitrogen and oxygen atoms in total. The summed E-state index contributed by atoms with van der Waals surface area (Å²) in [6.45, 7) is 20.1. The van der Waals surface area contributed by atoms with E-state index in [1.807, 2.05) is 56.9 Å². The third-order valence-electron chi connectivity index (χ3n) is 12.5. The monoisotopic (exact) mass is 1120 g/mol. The van der Waals surface area contributed by atoms with Crippen molar-refractivity contribution in [2.24, 2.45) is 12.8 Å². The van der Waals surface area contributed by atoms with Gasteiger partial charge in [-0.15, -0.1) is 0 Å². The lowest BCUT2D eigenvalue weighted by Gasteiger charge is -2.37. The number of ether oxygens (including phenoxy) is 9. The fourth-order valence-electron chi connectivity index (χ4n) is 8.24. The number of piperazine rings is 1. The van der Waals surface area contributed by atoms with Crippen molar-refractivity contribution in [1.29, 1.82) is 0 Å². The van der Waals surface area contributed by atoms with Gasteiger partial charge in [0.15, 0.2) is 0 Å². The number of carbonyl (C=O) groups excluding carboxylic acids is 1. The second-order valence-corrected chi connectivity index (χ2v) is 17.9. The van der Waals surface area contributed by atoms with E-state index in [1.165, 1.54) is 22.3 Å². The number of carbonyl (C=O) groups is 1. The minimum absolute atomic E-state index is 0.0388. The van der Waals surface area contributed by atoms with Gasteiger partial charge in [0.25, 0.3) is 0 Å². The van der Waals surface area contributed by atoms with Crippen LogP contribution in [0.1, 0.15) is 51.7 Å². The van der Waals surface area contributed by atoms with Crippen LogP contribution in [-0.4, -0.2) is 180 Å². The van der Waals surface area contributed by atoms with Crippen molar-refractivity contribution in [3.63, 3.8) is 0 Å².